The van der Waals surface area contributed by atoms with Gasteiger partial charge in [-0.1, -0.05) is 48.9 Å². The second-order valence-electron chi connectivity index (χ2n) is 7.97. The van der Waals surface area contributed by atoms with Crippen molar-refractivity contribution in [1.29, 1.82) is 0 Å². The summed E-state index contributed by atoms with van der Waals surface area (Å²) in [6, 6.07) is 15.4. The van der Waals surface area contributed by atoms with Crippen LogP contribution in [0.25, 0.3) is 0 Å². The first kappa shape index (κ1) is 21.8. The number of carbonyl (C=O) groups is 1. The number of piperazine rings is 1. The molecular weight excluding hydrogens is 412 g/mol. The predicted octanol–water partition coefficient (Wildman–Crippen LogP) is 3.66. The van der Waals surface area contributed by atoms with E-state index in [4.69, 9.17) is 21.4 Å². The number of benzene rings is 2. The minimum Gasteiger partial charge on any atom is -0.497 e. The van der Waals surface area contributed by atoms with Crippen LogP contribution >= 0.6 is 11.6 Å². The molecule has 1 atom stereocenters. The van der Waals surface area contributed by atoms with Gasteiger partial charge in [-0.25, -0.2) is 5.01 Å². The molecule has 0 N–H and O–H groups in total. The van der Waals surface area contributed by atoms with Crippen LogP contribution in [-0.4, -0.2) is 72.8 Å². The second kappa shape index (κ2) is 9.81. The van der Waals surface area contributed by atoms with Gasteiger partial charge in [0, 0.05) is 43.2 Å². The van der Waals surface area contributed by atoms with Gasteiger partial charge in [0.25, 0.3) is 5.91 Å². The van der Waals surface area contributed by atoms with Crippen LogP contribution < -0.4 is 4.74 Å². The van der Waals surface area contributed by atoms with Crippen molar-refractivity contribution >= 4 is 23.2 Å². The smallest absolute Gasteiger partial charge is 0.257 e. The van der Waals surface area contributed by atoms with Gasteiger partial charge >= 0.3 is 0 Å². The Bertz CT molecular complexity index is 939. The van der Waals surface area contributed by atoms with Crippen molar-refractivity contribution in [3.05, 3.63) is 64.7 Å². The highest BCUT2D eigenvalue weighted by Crippen LogP contribution is 2.35. The standard InChI is InChI=1S/C24H29ClN4O2/c1-3-27-12-14-28(15-13-27)17-24(30)29-23(18-8-10-19(31-2)11-9-18)16-22(26-29)20-6-4-5-7-21(20)25/h4-11,23H,3,12-17H2,1-2H3/t23-/m1/s1. The lowest BCUT2D eigenvalue weighted by Gasteiger charge is -2.34. The van der Waals surface area contributed by atoms with E-state index in [9.17, 15) is 4.79 Å². The zero-order valence-electron chi connectivity index (χ0n) is 18.1. The first-order chi connectivity index (χ1) is 15.1. The molecule has 2 aliphatic rings. The molecule has 6 nitrogen and oxygen atoms in total. The van der Waals surface area contributed by atoms with Gasteiger partial charge < -0.3 is 9.64 Å². The van der Waals surface area contributed by atoms with Crippen LogP contribution in [-0.2, 0) is 4.79 Å². The molecular formula is C24H29ClN4O2. The molecule has 1 saturated heterocycles. The van der Waals surface area contributed by atoms with Crippen LogP contribution in [0.2, 0.25) is 5.02 Å². The van der Waals surface area contributed by atoms with Crippen molar-refractivity contribution in [2.24, 2.45) is 5.10 Å². The highest BCUT2D eigenvalue weighted by molar-refractivity contribution is 6.34. The topological polar surface area (TPSA) is 48.4 Å². The molecule has 164 valence electrons. The van der Waals surface area contributed by atoms with Crippen molar-refractivity contribution in [2.75, 3.05) is 46.4 Å². The lowest BCUT2D eigenvalue weighted by atomic mass is 9.98. The van der Waals surface area contributed by atoms with Crippen molar-refractivity contribution in [1.82, 2.24) is 14.8 Å². The molecule has 0 unspecified atom stereocenters. The number of carbonyl (C=O) groups excluding carboxylic acids is 1. The minimum atomic E-state index is -0.151. The van der Waals surface area contributed by atoms with E-state index in [0.717, 1.165) is 55.3 Å². The van der Waals surface area contributed by atoms with Gasteiger partial charge in [-0.05, 0) is 30.3 Å². The van der Waals surface area contributed by atoms with Gasteiger partial charge in [-0.15, -0.1) is 0 Å². The fraction of sp³-hybridized carbons (Fsp3) is 0.417. The number of amides is 1. The quantitative estimate of drug-likeness (QED) is 0.687. The number of likely N-dealkylation sites (N-methyl/N-ethyl adjacent to an activating group) is 1. The second-order valence-corrected chi connectivity index (χ2v) is 8.38. The number of ether oxygens (including phenoxy) is 1. The fourth-order valence-corrected chi connectivity index (χ4v) is 4.46. The minimum absolute atomic E-state index is 0.0211. The Kier molecular flexibility index (Phi) is 6.90. The number of rotatable bonds is 6. The molecule has 0 spiro atoms. The maximum atomic E-state index is 13.3. The summed E-state index contributed by atoms with van der Waals surface area (Å²) in [7, 11) is 1.65. The van der Waals surface area contributed by atoms with Gasteiger partial charge in [-0.2, -0.15) is 5.10 Å². The molecule has 31 heavy (non-hydrogen) atoms. The largest absolute Gasteiger partial charge is 0.497 e. The van der Waals surface area contributed by atoms with E-state index in [1.807, 2.05) is 48.5 Å². The maximum absolute atomic E-state index is 13.3. The van der Waals surface area contributed by atoms with Crippen LogP contribution in [0.5, 0.6) is 5.75 Å². The van der Waals surface area contributed by atoms with Crippen molar-refractivity contribution in [3.8, 4) is 5.75 Å². The Balaban J connectivity index is 1.56. The van der Waals surface area contributed by atoms with Crippen LogP contribution in [0.1, 0.15) is 30.5 Å². The Morgan fingerprint density at radius 3 is 2.39 bits per heavy atom. The van der Waals surface area contributed by atoms with E-state index in [2.05, 4.69) is 16.7 Å². The van der Waals surface area contributed by atoms with E-state index in [0.29, 0.717) is 18.0 Å². The summed E-state index contributed by atoms with van der Waals surface area (Å²) in [6.45, 7) is 7.42. The summed E-state index contributed by atoms with van der Waals surface area (Å²) in [4.78, 5) is 18.0. The zero-order chi connectivity index (χ0) is 21.8. The van der Waals surface area contributed by atoms with E-state index in [1.54, 1.807) is 12.1 Å². The van der Waals surface area contributed by atoms with Gasteiger partial charge in [0.05, 0.1) is 25.4 Å². The summed E-state index contributed by atoms with van der Waals surface area (Å²) in [5.74, 6) is 0.813. The lowest BCUT2D eigenvalue weighted by molar-refractivity contribution is -0.134. The molecule has 1 amide bonds. The van der Waals surface area contributed by atoms with E-state index >= 15 is 0 Å². The third-order valence-corrected chi connectivity index (χ3v) is 6.45. The number of hydrazone groups is 1. The van der Waals surface area contributed by atoms with Gasteiger partial charge in [0.1, 0.15) is 5.75 Å². The molecule has 0 bridgehead atoms. The number of hydrogen-bond acceptors (Lipinski definition) is 5. The van der Waals surface area contributed by atoms with Crippen LogP contribution in [0.4, 0.5) is 0 Å². The lowest BCUT2D eigenvalue weighted by Crippen LogP contribution is -2.49. The summed E-state index contributed by atoms with van der Waals surface area (Å²) < 4.78 is 5.29. The van der Waals surface area contributed by atoms with Gasteiger partial charge in [0.15, 0.2) is 0 Å². The van der Waals surface area contributed by atoms with Crippen LogP contribution in [0.3, 0.4) is 0 Å². The van der Waals surface area contributed by atoms with Gasteiger partial charge in [0.2, 0.25) is 0 Å². The van der Waals surface area contributed by atoms with Crippen molar-refractivity contribution < 1.29 is 9.53 Å². The van der Waals surface area contributed by atoms with Crippen LogP contribution in [0, 0.1) is 0 Å². The summed E-state index contributed by atoms with van der Waals surface area (Å²) in [5, 5.41) is 7.08. The molecule has 7 heteroatoms. The Labute approximate surface area is 189 Å². The third-order valence-electron chi connectivity index (χ3n) is 6.12. The average Bonchev–Trinajstić information content (AvgIpc) is 3.25. The molecule has 4 rings (SSSR count). The van der Waals surface area contributed by atoms with E-state index < -0.39 is 0 Å². The third kappa shape index (κ3) is 4.92. The molecule has 2 aromatic rings. The molecule has 2 heterocycles. The number of halogens is 1. The summed E-state index contributed by atoms with van der Waals surface area (Å²) >= 11 is 6.43. The van der Waals surface area contributed by atoms with Crippen molar-refractivity contribution in [2.45, 2.75) is 19.4 Å². The van der Waals surface area contributed by atoms with E-state index in [-0.39, 0.29) is 11.9 Å². The molecule has 0 radical (unpaired) electrons. The summed E-state index contributed by atoms with van der Waals surface area (Å²) in [6.07, 6.45) is 0.630. The fourth-order valence-electron chi connectivity index (χ4n) is 4.21. The highest BCUT2D eigenvalue weighted by atomic mass is 35.5. The molecule has 1 fully saturated rings. The van der Waals surface area contributed by atoms with E-state index in [1.165, 1.54) is 0 Å². The monoisotopic (exact) mass is 440 g/mol. The summed E-state index contributed by atoms with van der Waals surface area (Å²) in [5.41, 5.74) is 2.76. The first-order valence-corrected chi connectivity index (χ1v) is 11.2. The normalized spacial score (nSPS) is 20.0. The molecule has 2 aliphatic heterocycles. The Morgan fingerprint density at radius 2 is 1.74 bits per heavy atom. The average molecular weight is 441 g/mol. The molecule has 2 aromatic carbocycles. The molecule has 0 aromatic heterocycles. The Morgan fingerprint density at radius 1 is 1.06 bits per heavy atom. The highest BCUT2D eigenvalue weighted by Gasteiger charge is 2.34. The predicted molar refractivity (Wildman–Crippen MR) is 124 cm³/mol. The van der Waals surface area contributed by atoms with Crippen molar-refractivity contribution in [3.63, 3.8) is 0 Å². The number of hydrogen-bond donors (Lipinski definition) is 0. The molecule has 0 saturated carbocycles. The SMILES string of the molecule is CCN1CCN(CC(=O)N2N=C(c3ccccc3Cl)C[C@@H]2c2ccc(OC)cc2)CC1. The molecule has 0 aliphatic carbocycles. The number of nitrogens with zero attached hydrogens (tertiary/aromatic N) is 4. The maximum Gasteiger partial charge on any atom is 0.257 e. The van der Waals surface area contributed by atoms with Gasteiger partial charge in [-0.3, -0.25) is 9.69 Å². The van der Waals surface area contributed by atoms with Crippen LogP contribution in [0.15, 0.2) is 53.6 Å². The zero-order valence-corrected chi connectivity index (χ0v) is 18.9. The Hall–Kier alpha value is -2.41. The number of methoxy groups -OCH3 is 1. The first-order valence-electron chi connectivity index (χ1n) is 10.8.